The molecule has 2 heterocycles. The van der Waals surface area contributed by atoms with Crippen molar-refractivity contribution in [3.05, 3.63) is 47.3 Å². The minimum Gasteiger partial charge on any atom is -0.351 e. The fourth-order valence-electron chi connectivity index (χ4n) is 2.81. The van der Waals surface area contributed by atoms with Crippen molar-refractivity contribution in [3.8, 4) is 0 Å². The standard InChI is InChI=1S/C17H22N4OS/c1-13(22)18-10-15-9-16-12-20(7-8-21(16)19-15)11-14-3-5-17(23-2)6-4-14/h3-6,9H,7-8,10-12H2,1-2H3,(H,18,22). The van der Waals surface area contributed by atoms with E-state index >= 15 is 0 Å². The average molecular weight is 330 g/mol. The van der Waals surface area contributed by atoms with Gasteiger partial charge in [0.2, 0.25) is 5.91 Å². The van der Waals surface area contributed by atoms with E-state index in [0.717, 1.165) is 31.9 Å². The third-order valence-electron chi connectivity index (χ3n) is 4.01. The molecule has 5 nitrogen and oxygen atoms in total. The molecule has 1 aliphatic rings. The summed E-state index contributed by atoms with van der Waals surface area (Å²) < 4.78 is 2.06. The van der Waals surface area contributed by atoms with Crippen LogP contribution in [0.2, 0.25) is 0 Å². The van der Waals surface area contributed by atoms with Crippen LogP contribution >= 0.6 is 11.8 Å². The van der Waals surface area contributed by atoms with Crippen molar-refractivity contribution in [2.24, 2.45) is 0 Å². The number of nitrogens with one attached hydrogen (secondary N) is 1. The summed E-state index contributed by atoms with van der Waals surface area (Å²) >= 11 is 1.77. The Labute approximate surface area is 141 Å². The number of nitrogens with zero attached hydrogens (tertiary/aromatic N) is 3. The van der Waals surface area contributed by atoms with Gasteiger partial charge in [-0.2, -0.15) is 5.10 Å². The molecule has 1 amide bonds. The molecule has 1 aliphatic heterocycles. The maximum Gasteiger partial charge on any atom is 0.217 e. The average Bonchev–Trinajstić information content (AvgIpc) is 2.96. The van der Waals surface area contributed by atoms with Crippen LogP contribution in [0.4, 0.5) is 0 Å². The van der Waals surface area contributed by atoms with E-state index in [2.05, 4.69) is 56.6 Å². The first kappa shape index (κ1) is 16.1. The Bertz CT molecular complexity index is 680. The molecule has 0 saturated heterocycles. The number of amides is 1. The fraction of sp³-hybridized carbons (Fsp3) is 0.412. The van der Waals surface area contributed by atoms with Gasteiger partial charge in [-0.1, -0.05) is 12.1 Å². The number of carbonyl (C=O) groups is 1. The first-order chi connectivity index (χ1) is 11.1. The smallest absolute Gasteiger partial charge is 0.217 e. The molecule has 1 aromatic carbocycles. The molecule has 0 aliphatic carbocycles. The summed E-state index contributed by atoms with van der Waals surface area (Å²) in [4.78, 5) is 14.7. The fourth-order valence-corrected chi connectivity index (χ4v) is 3.21. The van der Waals surface area contributed by atoms with Gasteiger partial charge in [-0.15, -0.1) is 11.8 Å². The maximum absolute atomic E-state index is 11.0. The molecule has 1 aromatic heterocycles. The Morgan fingerprint density at radius 2 is 2.09 bits per heavy atom. The van der Waals surface area contributed by atoms with Crippen molar-refractivity contribution in [1.29, 1.82) is 0 Å². The summed E-state index contributed by atoms with van der Waals surface area (Å²) in [5.74, 6) is -0.0220. The minimum atomic E-state index is -0.0220. The largest absolute Gasteiger partial charge is 0.351 e. The van der Waals surface area contributed by atoms with Gasteiger partial charge in [-0.3, -0.25) is 14.4 Å². The molecule has 3 rings (SSSR count). The molecule has 0 spiro atoms. The van der Waals surface area contributed by atoms with Gasteiger partial charge in [-0.05, 0) is 30.0 Å². The SMILES string of the molecule is CSc1ccc(CN2CCn3nc(CNC(C)=O)cc3C2)cc1. The van der Waals surface area contributed by atoms with Gasteiger partial charge >= 0.3 is 0 Å². The van der Waals surface area contributed by atoms with E-state index in [1.54, 1.807) is 11.8 Å². The molecular weight excluding hydrogens is 308 g/mol. The number of benzene rings is 1. The Balaban J connectivity index is 1.61. The molecule has 0 saturated carbocycles. The molecule has 0 atom stereocenters. The van der Waals surface area contributed by atoms with Crippen molar-refractivity contribution in [1.82, 2.24) is 20.0 Å². The van der Waals surface area contributed by atoms with Crippen molar-refractivity contribution >= 4 is 17.7 Å². The van der Waals surface area contributed by atoms with Crippen LogP contribution in [0, 0.1) is 0 Å². The number of hydrogen-bond donors (Lipinski definition) is 1. The second kappa shape index (κ2) is 7.19. The van der Waals surface area contributed by atoms with E-state index in [4.69, 9.17) is 0 Å². The van der Waals surface area contributed by atoms with Crippen LogP contribution in [0.15, 0.2) is 35.2 Å². The summed E-state index contributed by atoms with van der Waals surface area (Å²) in [6, 6.07) is 10.9. The zero-order valence-electron chi connectivity index (χ0n) is 13.6. The van der Waals surface area contributed by atoms with Crippen molar-refractivity contribution in [2.45, 2.75) is 38.0 Å². The molecule has 0 unspecified atom stereocenters. The number of aromatic nitrogens is 2. The van der Waals surface area contributed by atoms with E-state index in [1.165, 1.54) is 23.1 Å². The Morgan fingerprint density at radius 3 is 2.78 bits per heavy atom. The van der Waals surface area contributed by atoms with Gasteiger partial charge in [-0.25, -0.2) is 0 Å². The Morgan fingerprint density at radius 1 is 1.30 bits per heavy atom. The Kier molecular flexibility index (Phi) is 5.03. The first-order valence-electron chi connectivity index (χ1n) is 7.79. The van der Waals surface area contributed by atoms with Crippen LogP contribution in [0.1, 0.15) is 23.9 Å². The van der Waals surface area contributed by atoms with E-state index < -0.39 is 0 Å². The Hall–Kier alpha value is -1.79. The molecule has 2 aromatic rings. The van der Waals surface area contributed by atoms with E-state index in [1.807, 2.05) is 0 Å². The quantitative estimate of drug-likeness (QED) is 0.855. The van der Waals surface area contributed by atoms with Gasteiger partial charge in [0.05, 0.1) is 24.5 Å². The maximum atomic E-state index is 11.0. The minimum absolute atomic E-state index is 0.0220. The van der Waals surface area contributed by atoms with Crippen LogP contribution in [0.5, 0.6) is 0 Å². The lowest BCUT2D eigenvalue weighted by molar-refractivity contribution is -0.119. The first-order valence-corrected chi connectivity index (χ1v) is 9.02. The van der Waals surface area contributed by atoms with E-state index in [0.29, 0.717) is 6.54 Å². The number of carbonyl (C=O) groups excluding carboxylic acids is 1. The van der Waals surface area contributed by atoms with Gasteiger partial charge < -0.3 is 5.32 Å². The summed E-state index contributed by atoms with van der Waals surface area (Å²) in [6.07, 6.45) is 2.10. The highest BCUT2D eigenvalue weighted by Crippen LogP contribution is 2.19. The molecule has 6 heteroatoms. The normalized spacial score (nSPS) is 14.5. The summed E-state index contributed by atoms with van der Waals surface area (Å²) in [6.45, 7) is 5.79. The van der Waals surface area contributed by atoms with Crippen molar-refractivity contribution in [3.63, 3.8) is 0 Å². The molecule has 1 N–H and O–H groups in total. The number of thioether (sulfide) groups is 1. The third-order valence-corrected chi connectivity index (χ3v) is 4.75. The zero-order valence-corrected chi connectivity index (χ0v) is 14.4. The highest BCUT2D eigenvalue weighted by molar-refractivity contribution is 7.98. The summed E-state index contributed by atoms with van der Waals surface area (Å²) in [7, 11) is 0. The lowest BCUT2D eigenvalue weighted by atomic mass is 10.2. The molecule has 0 bridgehead atoms. The number of hydrogen-bond acceptors (Lipinski definition) is 4. The number of fused-ring (bicyclic) bond motifs is 1. The lowest BCUT2D eigenvalue weighted by Crippen LogP contribution is -2.33. The summed E-state index contributed by atoms with van der Waals surface area (Å²) in [5, 5.41) is 7.36. The predicted octanol–water partition coefficient (Wildman–Crippen LogP) is 2.26. The van der Waals surface area contributed by atoms with Gasteiger partial charge in [0.25, 0.3) is 0 Å². The van der Waals surface area contributed by atoms with Crippen LogP contribution in [-0.4, -0.2) is 33.4 Å². The second-order valence-corrected chi connectivity index (χ2v) is 6.70. The third kappa shape index (κ3) is 4.14. The predicted molar refractivity (Wildman–Crippen MR) is 92.1 cm³/mol. The van der Waals surface area contributed by atoms with Crippen LogP contribution in [0.3, 0.4) is 0 Å². The second-order valence-electron chi connectivity index (χ2n) is 5.82. The molecule has 23 heavy (non-hydrogen) atoms. The highest BCUT2D eigenvalue weighted by Gasteiger charge is 2.18. The molecular formula is C17H22N4OS. The molecule has 0 fully saturated rings. The number of rotatable bonds is 5. The van der Waals surface area contributed by atoms with Crippen LogP contribution in [-0.2, 0) is 31.0 Å². The van der Waals surface area contributed by atoms with Gasteiger partial charge in [0.1, 0.15) is 0 Å². The van der Waals surface area contributed by atoms with E-state index in [9.17, 15) is 4.79 Å². The highest BCUT2D eigenvalue weighted by atomic mass is 32.2. The van der Waals surface area contributed by atoms with E-state index in [-0.39, 0.29) is 5.91 Å². The van der Waals surface area contributed by atoms with Gasteiger partial charge in [0, 0.05) is 31.5 Å². The van der Waals surface area contributed by atoms with Crippen molar-refractivity contribution < 1.29 is 4.79 Å². The van der Waals surface area contributed by atoms with Crippen molar-refractivity contribution in [2.75, 3.05) is 12.8 Å². The molecule has 122 valence electrons. The van der Waals surface area contributed by atoms with Gasteiger partial charge in [0.15, 0.2) is 0 Å². The monoisotopic (exact) mass is 330 g/mol. The summed E-state index contributed by atoms with van der Waals surface area (Å²) in [5.41, 5.74) is 3.49. The molecule has 0 radical (unpaired) electrons. The zero-order chi connectivity index (χ0) is 16.2. The van der Waals surface area contributed by atoms with Crippen LogP contribution < -0.4 is 5.32 Å². The van der Waals surface area contributed by atoms with Crippen LogP contribution in [0.25, 0.3) is 0 Å². The lowest BCUT2D eigenvalue weighted by Gasteiger charge is -2.27. The topological polar surface area (TPSA) is 50.2 Å².